The Bertz CT molecular complexity index is 41.3. The van der Waals surface area contributed by atoms with Crippen molar-refractivity contribution in [2.45, 2.75) is 6.92 Å². The minimum atomic E-state index is -1.87. The topological polar surface area (TPSA) is 0 Å². The second kappa shape index (κ2) is 2.71. The van der Waals surface area contributed by atoms with E-state index in [2.05, 4.69) is 15.5 Å². The summed E-state index contributed by atoms with van der Waals surface area (Å²) in [7, 11) is 0. The first kappa shape index (κ1) is 7.49. The normalized spacial score (nSPS) is 14.7. The molecule has 0 heterocycles. The molecule has 0 bridgehead atoms. The fourth-order valence-corrected chi connectivity index (χ4v) is 0. The molecule has 0 aromatic rings. The van der Waals surface area contributed by atoms with Crippen LogP contribution in [0, 0.1) is 0 Å². The van der Waals surface area contributed by atoms with Crippen molar-refractivity contribution in [2.75, 3.05) is 6.16 Å². The monoisotopic (exact) mass is 210 g/mol. The van der Waals surface area contributed by atoms with E-state index in [1.807, 2.05) is 6.92 Å². The Morgan fingerprint density at radius 1 is 1.67 bits per heavy atom. The molecule has 0 aliphatic heterocycles. The fraction of sp³-hybridized carbons (Fsp3) is 1.00. The summed E-state index contributed by atoms with van der Waals surface area (Å²) in [6, 6.07) is 0. The molecule has 0 amide bonds. The van der Waals surface area contributed by atoms with Crippen LogP contribution in [0.1, 0.15) is 6.92 Å². The zero-order chi connectivity index (χ0) is 5.21. The second-order valence-electron chi connectivity index (χ2n) is 0.969. The van der Waals surface area contributed by atoms with Crippen LogP contribution in [-0.2, 0) is 0 Å². The van der Waals surface area contributed by atoms with Crippen LogP contribution >= 0.6 is 42.6 Å². The average molecular weight is 212 g/mol. The van der Waals surface area contributed by atoms with E-state index in [1.165, 1.54) is 0 Å². The molecule has 0 saturated carbocycles. The van der Waals surface area contributed by atoms with Crippen molar-refractivity contribution in [3.8, 4) is 0 Å². The van der Waals surface area contributed by atoms with Gasteiger partial charge in [-0.3, -0.25) is 0 Å². The van der Waals surface area contributed by atoms with Crippen molar-refractivity contribution >= 4 is 42.6 Å². The molecule has 0 aliphatic rings. The maximum absolute atomic E-state index is 5.54. The van der Waals surface area contributed by atoms with Gasteiger partial charge in [-0.05, 0) is 0 Å². The predicted molar refractivity (Wildman–Crippen MR) is 39.5 cm³/mol. The zero-order valence-corrected chi connectivity index (χ0v) is 7.44. The Hall–Kier alpha value is 1.49. The van der Waals surface area contributed by atoms with Gasteiger partial charge in [0.15, 0.2) is 0 Å². The quantitative estimate of drug-likeness (QED) is 0.584. The van der Waals surface area contributed by atoms with Gasteiger partial charge in [-0.2, -0.15) is 0 Å². The summed E-state index contributed by atoms with van der Waals surface area (Å²) in [6.07, 6.45) is 0.857. The third kappa shape index (κ3) is 5.49. The van der Waals surface area contributed by atoms with Gasteiger partial charge in [0.05, 0.1) is 0 Å². The first-order valence-corrected chi connectivity index (χ1v) is 8.12. The second-order valence-corrected chi connectivity index (χ2v) is 14.2. The molecule has 0 aromatic carbocycles. The molecular formula is C2H6BrCl2P. The van der Waals surface area contributed by atoms with Crippen molar-refractivity contribution < 1.29 is 0 Å². The van der Waals surface area contributed by atoms with Gasteiger partial charge < -0.3 is 0 Å². The SMILES string of the molecule is CC[PH](Cl)(Cl)Br. The summed E-state index contributed by atoms with van der Waals surface area (Å²) in [4.78, 5) is 0. The van der Waals surface area contributed by atoms with E-state index in [0.717, 1.165) is 6.16 Å². The van der Waals surface area contributed by atoms with Crippen molar-refractivity contribution in [3.63, 3.8) is 0 Å². The standard InChI is InChI=1S/C2H6BrCl2P/c1-2-6(3,4)5/h6H,2H2,1H3. The Kier molecular flexibility index (Phi) is 3.39. The maximum atomic E-state index is 5.54. The van der Waals surface area contributed by atoms with Gasteiger partial charge in [0.2, 0.25) is 0 Å². The average Bonchev–Trinajstić information content (AvgIpc) is 1.35. The van der Waals surface area contributed by atoms with E-state index in [1.54, 1.807) is 0 Å². The van der Waals surface area contributed by atoms with Crippen LogP contribution in [0.5, 0.6) is 0 Å². The Balaban J connectivity index is 3.17. The molecule has 0 aliphatic carbocycles. The van der Waals surface area contributed by atoms with Crippen LogP contribution in [0.3, 0.4) is 0 Å². The molecule has 0 nitrogen and oxygen atoms in total. The molecule has 0 fully saturated rings. The third-order valence-corrected chi connectivity index (χ3v) is 4.49. The number of rotatable bonds is 1. The van der Waals surface area contributed by atoms with Gasteiger partial charge in [0, 0.05) is 0 Å². The van der Waals surface area contributed by atoms with Crippen LogP contribution in [0.2, 0.25) is 0 Å². The van der Waals surface area contributed by atoms with Crippen LogP contribution in [0.25, 0.3) is 0 Å². The molecule has 40 valence electrons. The third-order valence-electron chi connectivity index (χ3n) is 0.401. The van der Waals surface area contributed by atoms with Crippen LogP contribution in [0.4, 0.5) is 0 Å². The Labute approximate surface area is 55.9 Å². The number of hydrogen-bond donors (Lipinski definition) is 0. The van der Waals surface area contributed by atoms with Crippen LogP contribution in [-0.4, -0.2) is 6.16 Å². The summed E-state index contributed by atoms with van der Waals surface area (Å²) in [5, 5.41) is 0. The van der Waals surface area contributed by atoms with Crippen molar-refractivity contribution in [2.24, 2.45) is 0 Å². The van der Waals surface area contributed by atoms with Gasteiger partial charge in [0.25, 0.3) is 0 Å². The molecule has 0 N–H and O–H groups in total. The van der Waals surface area contributed by atoms with E-state index in [0.29, 0.717) is 0 Å². The summed E-state index contributed by atoms with van der Waals surface area (Å²) in [5.41, 5.74) is 0. The first-order chi connectivity index (χ1) is 2.56. The number of halogens is 3. The molecule has 0 rings (SSSR count). The van der Waals surface area contributed by atoms with Crippen LogP contribution < -0.4 is 0 Å². The molecule has 0 radical (unpaired) electrons. The fourth-order valence-electron chi connectivity index (χ4n) is 0. The number of hydrogen-bond acceptors (Lipinski definition) is 0. The van der Waals surface area contributed by atoms with Crippen molar-refractivity contribution in [3.05, 3.63) is 0 Å². The summed E-state index contributed by atoms with van der Waals surface area (Å²) < 4.78 is -1.87. The molecule has 4 heteroatoms. The van der Waals surface area contributed by atoms with Crippen molar-refractivity contribution in [1.82, 2.24) is 0 Å². The molecule has 0 unspecified atom stereocenters. The van der Waals surface area contributed by atoms with Crippen molar-refractivity contribution in [1.29, 1.82) is 0 Å². The van der Waals surface area contributed by atoms with E-state index in [9.17, 15) is 0 Å². The van der Waals surface area contributed by atoms with Gasteiger partial charge in [0.1, 0.15) is 0 Å². The molecular weight excluding hydrogens is 206 g/mol. The molecule has 6 heavy (non-hydrogen) atoms. The van der Waals surface area contributed by atoms with Gasteiger partial charge >= 0.3 is 55.7 Å². The molecule has 0 atom stereocenters. The minimum absolute atomic E-state index is 0.857. The summed E-state index contributed by atoms with van der Waals surface area (Å²) in [6.45, 7) is 1.96. The van der Waals surface area contributed by atoms with Gasteiger partial charge in [-0.15, -0.1) is 0 Å². The Morgan fingerprint density at radius 3 is 1.83 bits per heavy atom. The van der Waals surface area contributed by atoms with Crippen LogP contribution in [0.15, 0.2) is 0 Å². The van der Waals surface area contributed by atoms with Gasteiger partial charge in [-0.1, -0.05) is 0 Å². The molecule has 0 spiro atoms. The Morgan fingerprint density at radius 2 is 1.83 bits per heavy atom. The van der Waals surface area contributed by atoms with Gasteiger partial charge in [-0.25, -0.2) is 0 Å². The van der Waals surface area contributed by atoms with E-state index < -0.39 is 4.67 Å². The molecule has 0 aromatic heterocycles. The van der Waals surface area contributed by atoms with E-state index in [4.69, 9.17) is 22.5 Å². The summed E-state index contributed by atoms with van der Waals surface area (Å²) >= 11 is 14.2. The van der Waals surface area contributed by atoms with E-state index >= 15 is 0 Å². The predicted octanol–water partition coefficient (Wildman–Crippen LogP) is 3.37. The van der Waals surface area contributed by atoms with E-state index in [-0.39, 0.29) is 0 Å². The summed E-state index contributed by atoms with van der Waals surface area (Å²) in [5.74, 6) is 0. The molecule has 0 saturated heterocycles. The zero-order valence-electron chi connectivity index (χ0n) is 3.34. The first-order valence-electron chi connectivity index (χ1n) is 1.63.